The van der Waals surface area contributed by atoms with Gasteiger partial charge < -0.3 is 15.0 Å². The van der Waals surface area contributed by atoms with Crippen LogP contribution in [0.5, 0.6) is 0 Å². The predicted molar refractivity (Wildman–Crippen MR) is 118 cm³/mol. The molecular weight excluding hydrogens is 435 g/mol. The average Bonchev–Trinajstić information content (AvgIpc) is 3.50. The Bertz CT molecular complexity index is 1310. The van der Waals surface area contributed by atoms with Crippen LogP contribution in [0.1, 0.15) is 23.2 Å². The summed E-state index contributed by atoms with van der Waals surface area (Å²) >= 11 is 0. The number of hydrogen-bond acceptors (Lipinski definition) is 6. The SMILES string of the molecule is COC(=O)c1cc(-c2cccc(S(=O)(=O)NC3CC3)c2)c2ncn(CC(F)=CCN)c2c1. The van der Waals surface area contributed by atoms with E-state index in [0.29, 0.717) is 22.2 Å². The number of hydrogen-bond donors (Lipinski definition) is 2. The summed E-state index contributed by atoms with van der Waals surface area (Å²) in [6.07, 6.45) is 4.38. The Labute approximate surface area is 184 Å². The second-order valence-corrected chi connectivity index (χ2v) is 9.28. The summed E-state index contributed by atoms with van der Waals surface area (Å²) in [6, 6.07) is 9.56. The zero-order valence-electron chi connectivity index (χ0n) is 17.4. The maximum atomic E-state index is 14.1. The maximum absolute atomic E-state index is 14.1. The molecule has 8 nitrogen and oxygen atoms in total. The lowest BCUT2D eigenvalue weighted by atomic mass is 10.0. The zero-order valence-corrected chi connectivity index (χ0v) is 18.2. The number of esters is 1. The molecule has 32 heavy (non-hydrogen) atoms. The van der Waals surface area contributed by atoms with Gasteiger partial charge in [0.05, 0.1) is 41.5 Å². The first-order chi connectivity index (χ1) is 15.3. The summed E-state index contributed by atoms with van der Waals surface area (Å²) in [5, 5.41) is 0. The summed E-state index contributed by atoms with van der Waals surface area (Å²) < 4.78 is 48.5. The van der Waals surface area contributed by atoms with Crippen LogP contribution in [0.15, 0.2) is 59.5 Å². The van der Waals surface area contributed by atoms with Crippen LogP contribution >= 0.6 is 0 Å². The fourth-order valence-corrected chi connectivity index (χ4v) is 4.77. The highest BCUT2D eigenvalue weighted by molar-refractivity contribution is 7.89. The first-order valence-electron chi connectivity index (χ1n) is 10.1. The van der Waals surface area contributed by atoms with Crippen LogP contribution < -0.4 is 10.5 Å². The summed E-state index contributed by atoms with van der Waals surface area (Å²) in [7, 11) is -2.40. The number of methoxy groups -OCH3 is 1. The van der Waals surface area contributed by atoms with E-state index in [0.717, 1.165) is 12.8 Å². The van der Waals surface area contributed by atoms with Gasteiger partial charge >= 0.3 is 5.97 Å². The van der Waals surface area contributed by atoms with Crippen LogP contribution in [-0.2, 0) is 21.3 Å². The number of allylic oxidation sites excluding steroid dienone is 1. The van der Waals surface area contributed by atoms with E-state index in [1.54, 1.807) is 28.8 Å². The van der Waals surface area contributed by atoms with E-state index in [4.69, 9.17) is 10.5 Å². The highest BCUT2D eigenvalue weighted by Crippen LogP contribution is 2.32. The van der Waals surface area contributed by atoms with Crippen LogP contribution in [-0.4, -0.2) is 43.6 Å². The van der Waals surface area contributed by atoms with E-state index in [2.05, 4.69) is 9.71 Å². The van der Waals surface area contributed by atoms with Gasteiger partial charge in [-0.05, 0) is 48.7 Å². The van der Waals surface area contributed by atoms with Crippen molar-refractivity contribution in [1.29, 1.82) is 0 Å². The van der Waals surface area contributed by atoms with Crippen LogP contribution in [0.4, 0.5) is 4.39 Å². The highest BCUT2D eigenvalue weighted by atomic mass is 32.2. The number of nitrogens with zero attached hydrogens (tertiary/aromatic N) is 2. The van der Waals surface area contributed by atoms with Crippen molar-refractivity contribution in [1.82, 2.24) is 14.3 Å². The number of nitrogens with two attached hydrogens (primary N) is 1. The molecule has 0 amide bonds. The first kappa shape index (κ1) is 22.1. The first-order valence-corrected chi connectivity index (χ1v) is 11.6. The minimum Gasteiger partial charge on any atom is -0.465 e. The van der Waals surface area contributed by atoms with Crippen molar-refractivity contribution >= 4 is 27.0 Å². The number of halogens is 1. The molecular formula is C22H23FN4O4S. The number of nitrogens with one attached hydrogen (secondary N) is 1. The fourth-order valence-electron chi connectivity index (χ4n) is 3.42. The zero-order chi connectivity index (χ0) is 22.9. The fraction of sp³-hybridized carbons (Fsp3) is 0.273. The number of carbonyl (C=O) groups excluding carboxylic acids is 1. The van der Waals surface area contributed by atoms with Crippen molar-refractivity contribution in [2.75, 3.05) is 13.7 Å². The van der Waals surface area contributed by atoms with Gasteiger partial charge in [-0.15, -0.1) is 0 Å². The Morgan fingerprint density at radius 2 is 2.12 bits per heavy atom. The predicted octanol–water partition coefficient (Wildman–Crippen LogP) is 2.74. The van der Waals surface area contributed by atoms with Crippen molar-refractivity contribution < 1.29 is 22.3 Å². The molecule has 1 saturated carbocycles. The molecule has 0 radical (unpaired) electrons. The van der Waals surface area contributed by atoms with Crippen molar-refractivity contribution in [3.8, 4) is 11.1 Å². The van der Waals surface area contributed by atoms with Crippen LogP contribution in [0.3, 0.4) is 0 Å². The molecule has 0 saturated heterocycles. The highest BCUT2D eigenvalue weighted by Gasteiger charge is 2.28. The summed E-state index contributed by atoms with van der Waals surface area (Å²) in [4.78, 5) is 16.8. The summed E-state index contributed by atoms with van der Waals surface area (Å²) in [5.41, 5.74) is 7.72. The number of imidazole rings is 1. The molecule has 168 valence electrons. The Morgan fingerprint density at radius 3 is 2.81 bits per heavy atom. The second kappa shape index (κ2) is 8.81. The standard InChI is InChI=1S/C22H23FN4O4S/c1-31-22(28)15-10-19(21-20(11-15)27(13-25-21)12-16(23)7-8-24)14-3-2-4-18(9-14)32(29,30)26-17-5-6-17/h2-4,7,9-11,13,17,26H,5-6,8,12,24H2,1H3. The smallest absolute Gasteiger partial charge is 0.337 e. The normalized spacial score (nSPS) is 14.7. The van der Waals surface area contributed by atoms with Crippen molar-refractivity contribution in [3.63, 3.8) is 0 Å². The third kappa shape index (κ3) is 4.57. The van der Waals surface area contributed by atoms with E-state index in [1.165, 1.54) is 31.6 Å². The van der Waals surface area contributed by atoms with E-state index in [1.807, 2.05) is 0 Å². The Kier molecular flexibility index (Phi) is 6.09. The number of fused-ring (bicyclic) bond motifs is 1. The lowest BCUT2D eigenvalue weighted by Crippen LogP contribution is -2.25. The molecule has 1 aliphatic rings. The van der Waals surface area contributed by atoms with Gasteiger partial charge in [-0.3, -0.25) is 0 Å². The van der Waals surface area contributed by atoms with Gasteiger partial charge in [-0.1, -0.05) is 12.1 Å². The van der Waals surface area contributed by atoms with E-state index in [-0.39, 0.29) is 29.6 Å². The molecule has 3 aromatic rings. The maximum Gasteiger partial charge on any atom is 0.337 e. The number of rotatable bonds is 8. The molecule has 1 aliphatic carbocycles. The number of carbonyl (C=O) groups is 1. The average molecular weight is 459 g/mol. The Balaban J connectivity index is 1.84. The van der Waals surface area contributed by atoms with Crippen molar-refractivity contribution in [2.24, 2.45) is 5.73 Å². The molecule has 4 rings (SSSR count). The lowest BCUT2D eigenvalue weighted by Gasteiger charge is -2.11. The molecule has 1 aromatic heterocycles. The minimum atomic E-state index is -3.67. The van der Waals surface area contributed by atoms with Crippen molar-refractivity contribution in [2.45, 2.75) is 30.3 Å². The van der Waals surface area contributed by atoms with Gasteiger partial charge in [-0.25, -0.2) is 27.3 Å². The molecule has 1 fully saturated rings. The van der Waals surface area contributed by atoms with Crippen LogP contribution in [0, 0.1) is 0 Å². The molecule has 0 spiro atoms. The number of sulfonamides is 1. The van der Waals surface area contributed by atoms with Gasteiger partial charge in [0.2, 0.25) is 10.0 Å². The second-order valence-electron chi connectivity index (χ2n) is 7.57. The minimum absolute atomic E-state index is 0.0230. The number of benzene rings is 2. The van der Waals surface area contributed by atoms with E-state index < -0.39 is 21.8 Å². The van der Waals surface area contributed by atoms with Gasteiger partial charge in [0.1, 0.15) is 5.83 Å². The Hall–Kier alpha value is -3.08. The van der Waals surface area contributed by atoms with Gasteiger partial charge in [0, 0.05) is 18.2 Å². The molecule has 0 bridgehead atoms. The monoisotopic (exact) mass is 458 g/mol. The molecule has 1 heterocycles. The molecule has 3 N–H and O–H groups in total. The quantitative estimate of drug-likeness (QED) is 0.502. The van der Waals surface area contributed by atoms with Gasteiger partial charge in [-0.2, -0.15) is 0 Å². The van der Waals surface area contributed by atoms with Gasteiger partial charge in [0.15, 0.2) is 0 Å². The topological polar surface area (TPSA) is 116 Å². The van der Waals surface area contributed by atoms with E-state index in [9.17, 15) is 17.6 Å². The number of ether oxygens (including phenoxy) is 1. The Morgan fingerprint density at radius 1 is 1.34 bits per heavy atom. The van der Waals surface area contributed by atoms with Crippen molar-refractivity contribution in [3.05, 3.63) is 60.2 Å². The van der Waals surface area contributed by atoms with Gasteiger partial charge in [0.25, 0.3) is 0 Å². The molecule has 2 aromatic carbocycles. The third-order valence-electron chi connectivity index (χ3n) is 5.16. The van der Waals surface area contributed by atoms with Crippen LogP contribution in [0.2, 0.25) is 0 Å². The summed E-state index contributed by atoms with van der Waals surface area (Å²) in [5.74, 6) is -1.01. The van der Waals surface area contributed by atoms with E-state index >= 15 is 0 Å². The molecule has 10 heteroatoms. The lowest BCUT2D eigenvalue weighted by molar-refractivity contribution is 0.0601. The third-order valence-corrected chi connectivity index (χ3v) is 6.68. The largest absolute Gasteiger partial charge is 0.465 e. The van der Waals surface area contributed by atoms with Crippen LogP contribution in [0.25, 0.3) is 22.2 Å². The summed E-state index contributed by atoms with van der Waals surface area (Å²) in [6.45, 7) is -0.0369. The molecule has 0 atom stereocenters. The number of aromatic nitrogens is 2. The molecule has 0 aliphatic heterocycles. The molecule has 0 unspecified atom stereocenters.